The average molecular weight is 426 g/mol. The molecule has 0 aliphatic heterocycles. The van der Waals surface area contributed by atoms with E-state index in [0.29, 0.717) is 11.3 Å². The highest BCUT2D eigenvalue weighted by molar-refractivity contribution is 9.10. The summed E-state index contributed by atoms with van der Waals surface area (Å²) in [6.45, 7) is 0.767. The summed E-state index contributed by atoms with van der Waals surface area (Å²) >= 11 is 3.37. The molecule has 6 heteroatoms. The summed E-state index contributed by atoms with van der Waals surface area (Å²) in [5.74, 6) is 1.45. The summed E-state index contributed by atoms with van der Waals surface area (Å²) in [5, 5.41) is 6.12. The second kappa shape index (κ2) is 9.19. The molecule has 0 unspecified atom stereocenters. The summed E-state index contributed by atoms with van der Waals surface area (Å²) in [6.07, 6.45) is 2.53. The van der Waals surface area contributed by atoms with Crippen LogP contribution in [0.1, 0.15) is 15.9 Å². The Morgan fingerprint density at radius 3 is 2.59 bits per heavy atom. The molecule has 3 aromatic rings. The molecule has 0 radical (unpaired) electrons. The van der Waals surface area contributed by atoms with Crippen LogP contribution in [-0.4, -0.2) is 24.5 Å². The molecule has 0 bridgehead atoms. The Labute approximate surface area is 166 Å². The minimum atomic E-state index is -0.168. The molecular weight excluding hydrogens is 406 g/mol. The highest BCUT2D eigenvalue weighted by atomic mass is 79.9. The van der Waals surface area contributed by atoms with Gasteiger partial charge in [0.05, 0.1) is 19.0 Å². The number of pyridine rings is 1. The lowest BCUT2D eigenvalue weighted by atomic mass is 10.1. The molecule has 1 heterocycles. The smallest absolute Gasteiger partial charge is 0.255 e. The van der Waals surface area contributed by atoms with Gasteiger partial charge in [-0.15, -0.1) is 0 Å². The monoisotopic (exact) mass is 425 g/mol. The number of hydrogen-bond acceptors (Lipinski definition) is 4. The number of benzene rings is 2. The van der Waals surface area contributed by atoms with Crippen LogP contribution in [0.15, 0.2) is 71.3 Å². The quantitative estimate of drug-likeness (QED) is 0.572. The third-order valence-corrected chi connectivity index (χ3v) is 4.48. The largest absolute Gasteiger partial charge is 0.497 e. The van der Waals surface area contributed by atoms with E-state index in [4.69, 9.17) is 4.74 Å². The first-order valence-corrected chi connectivity index (χ1v) is 9.33. The summed E-state index contributed by atoms with van der Waals surface area (Å²) in [4.78, 5) is 16.6. The van der Waals surface area contributed by atoms with Crippen molar-refractivity contribution in [1.29, 1.82) is 0 Å². The lowest BCUT2D eigenvalue weighted by Gasteiger charge is -2.08. The van der Waals surface area contributed by atoms with Crippen molar-refractivity contribution in [2.24, 2.45) is 0 Å². The number of anilines is 2. The highest BCUT2D eigenvalue weighted by Gasteiger charge is 2.06. The van der Waals surface area contributed by atoms with Crippen LogP contribution < -0.4 is 15.4 Å². The summed E-state index contributed by atoms with van der Waals surface area (Å²) in [5.41, 5.74) is 2.47. The summed E-state index contributed by atoms with van der Waals surface area (Å²) < 4.78 is 6.02. The zero-order valence-electron chi connectivity index (χ0n) is 14.9. The predicted octanol–water partition coefficient (Wildman–Crippen LogP) is 4.76. The van der Waals surface area contributed by atoms with E-state index in [1.165, 1.54) is 5.56 Å². The van der Waals surface area contributed by atoms with Gasteiger partial charge in [0.1, 0.15) is 11.6 Å². The molecule has 3 rings (SSSR count). The van der Waals surface area contributed by atoms with E-state index in [9.17, 15) is 4.79 Å². The third kappa shape index (κ3) is 5.56. The van der Waals surface area contributed by atoms with Crippen LogP contribution in [0, 0.1) is 0 Å². The van der Waals surface area contributed by atoms with Crippen molar-refractivity contribution in [1.82, 2.24) is 4.98 Å². The zero-order valence-corrected chi connectivity index (χ0v) is 16.5. The SMILES string of the molecule is COc1ccc(CCNc2ccc(NC(=O)c3cccc(Br)c3)cn2)cc1. The van der Waals surface area contributed by atoms with Gasteiger partial charge in [-0.05, 0) is 54.4 Å². The van der Waals surface area contributed by atoms with E-state index in [2.05, 4.69) is 43.7 Å². The third-order valence-electron chi connectivity index (χ3n) is 3.99. The first kappa shape index (κ1) is 18.9. The number of carbonyl (C=O) groups excluding carboxylic acids is 1. The maximum Gasteiger partial charge on any atom is 0.255 e. The van der Waals surface area contributed by atoms with Crippen LogP contribution in [0.5, 0.6) is 5.75 Å². The fourth-order valence-electron chi connectivity index (χ4n) is 2.53. The number of carbonyl (C=O) groups is 1. The number of hydrogen-bond donors (Lipinski definition) is 2. The van der Waals surface area contributed by atoms with Gasteiger partial charge in [0.15, 0.2) is 0 Å². The minimum absolute atomic E-state index is 0.168. The zero-order chi connectivity index (χ0) is 19.1. The van der Waals surface area contributed by atoms with Crippen molar-refractivity contribution in [3.8, 4) is 5.75 Å². The van der Waals surface area contributed by atoms with Crippen LogP contribution in [0.4, 0.5) is 11.5 Å². The second-order valence-electron chi connectivity index (χ2n) is 5.92. The molecule has 27 heavy (non-hydrogen) atoms. The van der Waals surface area contributed by atoms with Crippen LogP contribution in [0.2, 0.25) is 0 Å². The molecule has 0 saturated heterocycles. The summed E-state index contributed by atoms with van der Waals surface area (Å²) in [6, 6.07) is 18.9. The Morgan fingerprint density at radius 1 is 1.11 bits per heavy atom. The average Bonchev–Trinajstić information content (AvgIpc) is 2.70. The Hall–Kier alpha value is -2.86. The van der Waals surface area contributed by atoms with Crippen LogP contribution in [0.25, 0.3) is 0 Å². The Morgan fingerprint density at radius 2 is 1.93 bits per heavy atom. The van der Waals surface area contributed by atoms with E-state index in [1.807, 2.05) is 36.4 Å². The number of ether oxygens (including phenoxy) is 1. The molecule has 0 atom stereocenters. The number of nitrogens with one attached hydrogen (secondary N) is 2. The van der Waals surface area contributed by atoms with Crippen molar-refractivity contribution >= 4 is 33.3 Å². The second-order valence-corrected chi connectivity index (χ2v) is 6.84. The Bertz CT molecular complexity index is 896. The first-order valence-electron chi connectivity index (χ1n) is 8.54. The van der Waals surface area contributed by atoms with Gasteiger partial charge in [-0.2, -0.15) is 0 Å². The summed E-state index contributed by atoms with van der Waals surface area (Å²) in [7, 11) is 1.66. The van der Waals surface area contributed by atoms with Crippen LogP contribution in [0.3, 0.4) is 0 Å². The topological polar surface area (TPSA) is 63.2 Å². The first-order chi connectivity index (χ1) is 13.1. The molecule has 1 amide bonds. The lowest BCUT2D eigenvalue weighted by molar-refractivity contribution is 0.102. The molecule has 1 aromatic heterocycles. The minimum Gasteiger partial charge on any atom is -0.497 e. The number of methoxy groups -OCH3 is 1. The van der Waals surface area contributed by atoms with Crippen molar-refractivity contribution in [3.63, 3.8) is 0 Å². The fraction of sp³-hybridized carbons (Fsp3) is 0.143. The van der Waals surface area contributed by atoms with Crippen molar-refractivity contribution in [2.45, 2.75) is 6.42 Å². The van der Waals surface area contributed by atoms with Gasteiger partial charge in [-0.1, -0.05) is 34.1 Å². The predicted molar refractivity (Wildman–Crippen MR) is 112 cm³/mol. The molecule has 2 N–H and O–H groups in total. The Kier molecular flexibility index (Phi) is 6.44. The van der Waals surface area contributed by atoms with Gasteiger partial charge in [-0.25, -0.2) is 4.98 Å². The molecule has 0 aliphatic carbocycles. The van der Waals surface area contributed by atoms with E-state index >= 15 is 0 Å². The lowest BCUT2D eigenvalue weighted by Crippen LogP contribution is -2.12. The van der Waals surface area contributed by atoms with Gasteiger partial charge in [-0.3, -0.25) is 4.79 Å². The molecule has 2 aromatic carbocycles. The standard InChI is InChI=1S/C21H20BrN3O2/c1-27-19-8-5-15(6-9-19)11-12-23-20-10-7-18(14-24-20)25-21(26)16-3-2-4-17(22)13-16/h2-10,13-14H,11-12H2,1H3,(H,23,24)(H,25,26). The van der Waals surface area contributed by atoms with Crippen LogP contribution in [-0.2, 0) is 6.42 Å². The van der Waals surface area contributed by atoms with Gasteiger partial charge >= 0.3 is 0 Å². The molecule has 5 nitrogen and oxygen atoms in total. The number of rotatable bonds is 7. The number of aromatic nitrogens is 1. The maximum atomic E-state index is 12.2. The van der Waals surface area contributed by atoms with Crippen molar-refractivity contribution < 1.29 is 9.53 Å². The molecule has 0 saturated carbocycles. The number of amides is 1. The van der Waals surface area contributed by atoms with E-state index in [1.54, 1.807) is 25.4 Å². The molecule has 0 spiro atoms. The number of halogens is 1. The van der Waals surface area contributed by atoms with E-state index in [-0.39, 0.29) is 5.91 Å². The van der Waals surface area contributed by atoms with Gasteiger partial charge in [0.25, 0.3) is 5.91 Å². The maximum absolute atomic E-state index is 12.2. The van der Waals surface area contributed by atoms with Gasteiger partial charge in [0, 0.05) is 16.6 Å². The van der Waals surface area contributed by atoms with Crippen LogP contribution >= 0.6 is 15.9 Å². The van der Waals surface area contributed by atoms with E-state index in [0.717, 1.165) is 29.0 Å². The number of nitrogens with zero attached hydrogens (tertiary/aromatic N) is 1. The normalized spacial score (nSPS) is 10.3. The van der Waals surface area contributed by atoms with Gasteiger partial charge in [0.2, 0.25) is 0 Å². The van der Waals surface area contributed by atoms with E-state index < -0.39 is 0 Å². The van der Waals surface area contributed by atoms with Crippen molar-refractivity contribution in [3.05, 3.63) is 82.5 Å². The molecule has 138 valence electrons. The molecule has 0 aliphatic rings. The Balaban J connectivity index is 1.50. The van der Waals surface area contributed by atoms with Gasteiger partial charge < -0.3 is 15.4 Å². The fourth-order valence-corrected chi connectivity index (χ4v) is 2.93. The molecule has 0 fully saturated rings. The highest BCUT2D eigenvalue weighted by Crippen LogP contribution is 2.15. The molecular formula is C21H20BrN3O2. The van der Waals surface area contributed by atoms with Crippen molar-refractivity contribution in [2.75, 3.05) is 24.3 Å².